The van der Waals surface area contributed by atoms with Crippen molar-refractivity contribution in [1.29, 1.82) is 0 Å². The molecule has 0 unspecified atom stereocenters. The smallest absolute Gasteiger partial charge is 0.318 e. The van der Waals surface area contributed by atoms with Crippen LogP contribution in [0.5, 0.6) is 0 Å². The summed E-state index contributed by atoms with van der Waals surface area (Å²) in [6.45, 7) is 7.34. The van der Waals surface area contributed by atoms with Crippen molar-refractivity contribution in [3.63, 3.8) is 0 Å². The van der Waals surface area contributed by atoms with Gasteiger partial charge in [-0.2, -0.15) is 0 Å². The third-order valence-electron chi connectivity index (χ3n) is 5.21. The molecule has 1 heterocycles. The van der Waals surface area contributed by atoms with E-state index in [1.165, 1.54) is 16.8 Å². The standard InChI is InChI=1S/C21H26N4O2/c1-15-7-6-10-18(16(15)2)24-11-13-25(14-12-24)19(20(26)23-21(22)27)17-8-4-3-5-9-17/h3-10,19H,11-14H2,1-2H3,(H3,22,23,26,27)/t19-/m1/s1. The van der Waals surface area contributed by atoms with Gasteiger partial charge in [-0.1, -0.05) is 42.5 Å². The van der Waals surface area contributed by atoms with Gasteiger partial charge in [0, 0.05) is 31.9 Å². The second-order valence-corrected chi connectivity index (χ2v) is 6.91. The minimum Gasteiger partial charge on any atom is -0.369 e. The normalized spacial score (nSPS) is 16.0. The van der Waals surface area contributed by atoms with Crippen LogP contribution >= 0.6 is 0 Å². The van der Waals surface area contributed by atoms with E-state index in [0.717, 1.165) is 31.7 Å². The lowest BCUT2D eigenvalue weighted by atomic mass is 10.0. The third kappa shape index (κ3) is 4.28. The van der Waals surface area contributed by atoms with E-state index in [4.69, 9.17) is 5.73 Å². The summed E-state index contributed by atoms with van der Waals surface area (Å²) in [5.41, 5.74) is 9.84. The Bertz CT molecular complexity index is 814. The van der Waals surface area contributed by atoms with Crippen LogP contribution in [0.15, 0.2) is 48.5 Å². The van der Waals surface area contributed by atoms with Gasteiger partial charge in [-0.05, 0) is 36.6 Å². The van der Waals surface area contributed by atoms with E-state index in [0.29, 0.717) is 0 Å². The molecule has 0 bridgehead atoms. The Morgan fingerprint density at radius 2 is 1.63 bits per heavy atom. The quantitative estimate of drug-likeness (QED) is 0.871. The van der Waals surface area contributed by atoms with Crippen molar-refractivity contribution >= 4 is 17.6 Å². The summed E-state index contributed by atoms with van der Waals surface area (Å²) in [5, 5.41) is 2.24. The summed E-state index contributed by atoms with van der Waals surface area (Å²) in [5.74, 6) is -0.381. The number of benzene rings is 2. The predicted molar refractivity (Wildman–Crippen MR) is 107 cm³/mol. The van der Waals surface area contributed by atoms with Crippen LogP contribution in [0, 0.1) is 13.8 Å². The van der Waals surface area contributed by atoms with Crippen molar-refractivity contribution in [3.05, 3.63) is 65.2 Å². The molecule has 6 nitrogen and oxygen atoms in total. The highest BCUT2D eigenvalue weighted by Gasteiger charge is 2.31. The van der Waals surface area contributed by atoms with Gasteiger partial charge >= 0.3 is 6.03 Å². The highest BCUT2D eigenvalue weighted by Crippen LogP contribution is 2.27. The average Bonchev–Trinajstić information content (AvgIpc) is 2.65. The van der Waals surface area contributed by atoms with Crippen molar-refractivity contribution in [2.24, 2.45) is 5.73 Å². The summed E-state index contributed by atoms with van der Waals surface area (Å²) in [7, 11) is 0. The lowest BCUT2D eigenvalue weighted by Gasteiger charge is -2.40. The number of anilines is 1. The van der Waals surface area contributed by atoms with E-state index in [1.807, 2.05) is 30.3 Å². The van der Waals surface area contributed by atoms with E-state index in [-0.39, 0.29) is 5.91 Å². The van der Waals surface area contributed by atoms with Gasteiger partial charge in [0.25, 0.3) is 0 Å². The van der Waals surface area contributed by atoms with Crippen LogP contribution in [0.3, 0.4) is 0 Å². The maximum absolute atomic E-state index is 12.6. The molecule has 3 amide bonds. The summed E-state index contributed by atoms with van der Waals surface area (Å²) in [4.78, 5) is 28.3. The van der Waals surface area contributed by atoms with Crippen molar-refractivity contribution in [1.82, 2.24) is 10.2 Å². The molecule has 2 aromatic carbocycles. The lowest BCUT2D eigenvalue weighted by Crippen LogP contribution is -2.52. The summed E-state index contributed by atoms with van der Waals surface area (Å²) >= 11 is 0. The number of hydrogen-bond donors (Lipinski definition) is 2. The zero-order valence-electron chi connectivity index (χ0n) is 15.8. The Kier molecular flexibility index (Phi) is 5.76. The van der Waals surface area contributed by atoms with Crippen LogP contribution in [0.4, 0.5) is 10.5 Å². The fourth-order valence-electron chi connectivity index (χ4n) is 3.65. The van der Waals surface area contributed by atoms with E-state index < -0.39 is 12.1 Å². The van der Waals surface area contributed by atoms with Crippen molar-refractivity contribution in [3.8, 4) is 0 Å². The third-order valence-corrected chi connectivity index (χ3v) is 5.21. The molecular weight excluding hydrogens is 340 g/mol. The number of nitrogens with zero attached hydrogens (tertiary/aromatic N) is 2. The monoisotopic (exact) mass is 366 g/mol. The average molecular weight is 366 g/mol. The van der Waals surface area contributed by atoms with Crippen LogP contribution in [0.25, 0.3) is 0 Å². The number of carbonyl (C=O) groups excluding carboxylic acids is 2. The maximum atomic E-state index is 12.6. The van der Waals surface area contributed by atoms with Gasteiger partial charge in [-0.25, -0.2) is 4.79 Å². The van der Waals surface area contributed by atoms with Gasteiger partial charge in [0.05, 0.1) is 0 Å². The molecule has 1 aliphatic rings. The van der Waals surface area contributed by atoms with E-state index in [2.05, 4.69) is 47.2 Å². The number of nitrogens with two attached hydrogens (primary N) is 1. The van der Waals surface area contributed by atoms with Crippen molar-refractivity contribution in [2.75, 3.05) is 31.1 Å². The van der Waals surface area contributed by atoms with E-state index in [1.54, 1.807) is 0 Å². The first-order valence-corrected chi connectivity index (χ1v) is 9.18. The number of piperazine rings is 1. The summed E-state index contributed by atoms with van der Waals surface area (Å²) in [6.07, 6.45) is 0. The fourth-order valence-corrected chi connectivity index (χ4v) is 3.65. The Labute approximate surface area is 159 Å². The zero-order valence-corrected chi connectivity index (χ0v) is 15.8. The summed E-state index contributed by atoms with van der Waals surface area (Å²) < 4.78 is 0. The molecular formula is C21H26N4O2. The number of rotatable bonds is 4. The van der Waals surface area contributed by atoms with Gasteiger partial charge in [0.15, 0.2) is 0 Å². The molecule has 27 heavy (non-hydrogen) atoms. The molecule has 0 radical (unpaired) electrons. The number of urea groups is 1. The number of amides is 3. The number of primary amides is 1. The van der Waals surface area contributed by atoms with Crippen molar-refractivity contribution in [2.45, 2.75) is 19.9 Å². The topological polar surface area (TPSA) is 78.7 Å². The SMILES string of the molecule is Cc1cccc(N2CCN([C@@H](C(=O)NC(N)=O)c3ccccc3)CC2)c1C. The van der Waals surface area contributed by atoms with Crippen LogP contribution in [-0.2, 0) is 4.79 Å². The number of hydrogen-bond acceptors (Lipinski definition) is 4. The highest BCUT2D eigenvalue weighted by molar-refractivity contribution is 5.96. The number of carbonyl (C=O) groups is 2. The predicted octanol–water partition coefficient (Wildman–Crippen LogP) is 2.36. The summed E-state index contributed by atoms with van der Waals surface area (Å²) in [6, 6.07) is 14.5. The van der Waals surface area contributed by atoms with Gasteiger partial charge in [0.1, 0.15) is 6.04 Å². The highest BCUT2D eigenvalue weighted by atomic mass is 16.2. The fraction of sp³-hybridized carbons (Fsp3) is 0.333. The van der Waals surface area contributed by atoms with Gasteiger partial charge in [-0.3, -0.25) is 15.0 Å². The molecule has 3 N–H and O–H groups in total. The van der Waals surface area contributed by atoms with Crippen LogP contribution in [0.2, 0.25) is 0 Å². The largest absolute Gasteiger partial charge is 0.369 e. The molecule has 1 atom stereocenters. The van der Waals surface area contributed by atoms with Crippen LogP contribution in [-0.4, -0.2) is 43.0 Å². The Morgan fingerprint density at radius 1 is 0.963 bits per heavy atom. The van der Waals surface area contributed by atoms with Gasteiger partial charge < -0.3 is 10.6 Å². The Hall–Kier alpha value is -2.86. The molecule has 1 aliphatic heterocycles. The molecule has 6 heteroatoms. The molecule has 1 fully saturated rings. The lowest BCUT2D eigenvalue weighted by molar-refractivity contribution is -0.125. The van der Waals surface area contributed by atoms with Crippen molar-refractivity contribution < 1.29 is 9.59 Å². The number of imide groups is 1. The molecule has 142 valence electrons. The number of aryl methyl sites for hydroxylation is 1. The number of nitrogens with one attached hydrogen (secondary N) is 1. The van der Waals surface area contributed by atoms with Gasteiger partial charge in [0.2, 0.25) is 5.91 Å². The molecule has 0 aliphatic carbocycles. The molecule has 0 aromatic heterocycles. The first-order valence-electron chi connectivity index (χ1n) is 9.18. The minimum absolute atomic E-state index is 0.381. The Balaban J connectivity index is 1.77. The molecule has 1 saturated heterocycles. The molecule has 0 spiro atoms. The first-order chi connectivity index (χ1) is 13.0. The zero-order chi connectivity index (χ0) is 19.4. The Morgan fingerprint density at radius 3 is 2.26 bits per heavy atom. The van der Waals surface area contributed by atoms with Gasteiger partial charge in [-0.15, -0.1) is 0 Å². The second kappa shape index (κ2) is 8.22. The molecule has 3 rings (SSSR count). The maximum Gasteiger partial charge on any atom is 0.318 e. The minimum atomic E-state index is -0.824. The van der Waals surface area contributed by atoms with Crippen LogP contribution in [0.1, 0.15) is 22.7 Å². The van der Waals surface area contributed by atoms with Crippen LogP contribution < -0.4 is 16.0 Å². The van der Waals surface area contributed by atoms with E-state index in [9.17, 15) is 9.59 Å². The second-order valence-electron chi connectivity index (χ2n) is 6.91. The van der Waals surface area contributed by atoms with E-state index >= 15 is 0 Å². The first kappa shape index (κ1) is 18.9. The molecule has 0 saturated carbocycles. The molecule has 2 aromatic rings.